The molecule has 1 aliphatic heterocycles. The van der Waals surface area contributed by atoms with Gasteiger partial charge in [-0.05, 0) is 6.07 Å². The fraction of sp³-hybridized carbons (Fsp3) is 0.500. The zero-order valence-electron chi connectivity index (χ0n) is 10.1. The largest absolute Gasteiger partial charge is 0.389 e. The Bertz CT molecular complexity index is 568. The third kappa shape index (κ3) is 3.12. The van der Waals surface area contributed by atoms with Crippen LogP contribution < -0.4 is 10.0 Å². The van der Waals surface area contributed by atoms with Crippen LogP contribution in [0, 0.1) is 0 Å². The van der Waals surface area contributed by atoms with Crippen molar-refractivity contribution in [1.82, 2.24) is 10.0 Å². The Morgan fingerprint density at radius 3 is 2.84 bits per heavy atom. The molecule has 1 aliphatic rings. The van der Waals surface area contributed by atoms with E-state index in [1.54, 1.807) is 0 Å². The highest BCUT2D eigenvalue weighted by atomic mass is 32.2. The molecule has 1 saturated heterocycles. The lowest BCUT2D eigenvalue weighted by molar-refractivity contribution is 0.0967. The number of amides is 1. The number of nitrogens with one attached hydrogen (secondary N) is 2. The van der Waals surface area contributed by atoms with E-state index in [4.69, 9.17) is 4.74 Å². The molecule has 3 N–H and O–H groups in total. The van der Waals surface area contributed by atoms with Gasteiger partial charge in [0.15, 0.2) is 0 Å². The zero-order valence-corrected chi connectivity index (χ0v) is 11.8. The highest BCUT2D eigenvalue weighted by Gasteiger charge is 2.31. The molecule has 106 valence electrons. The molecule has 1 fully saturated rings. The number of carbonyl (C=O) groups excluding carboxylic acids is 1. The van der Waals surface area contributed by atoms with E-state index in [-0.39, 0.29) is 24.0 Å². The average Bonchev–Trinajstić information content (AvgIpc) is 2.98. The Morgan fingerprint density at radius 2 is 2.26 bits per heavy atom. The molecule has 0 saturated carbocycles. The molecule has 0 unspecified atom stereocenters. The highest BCUT2D eigenvalue weighted by molar-refractivity contribution is 7.89. The number of aliphatic hydroxyl groups is 1. The van der Waals surface area contributed by atoms with E-state index >= 15 is 0 Å². The monoisotopic (exact) mass is 306 g/mol. The van der Waals surface area contributed by atoms with E-state index < -0.39 is 22.2 Å². The van der Waals surface area contributed by atoms with E-state index in [1.807, 2.05) is 0 Å². The quantitative estimate of drug-likeness (QED) is 0.672. The van der Waals surface area contributed by atoms with E-state index in [9.17, 15) is 18.3 Å². The second-order valence-corrected chi connectivity index (χ2v) is 6.68. The van der Waals surface area contributed by atoms with E-state index in [2.05, 4.69) is 10.0 Å². The standard InChI is InChI=1S/C10H14N2O5S2/c1-11-10(14)9-2-6(5-18-9)19(15,16)12-7-3-17-4-8(7)13/h2,5,7-8,12-13H,3-4H2,1H3,(H,11,14)/t7-,8-/m0/s1. The van der Waals surface area contributed by atoms with Crippen molar-refractivity contribution in [3.8, 4) is 0 Å². The van der Waals surface area contributed by atoms with Crippen molar-refractivity contribution in [2.24, 2.45) is 0 Å². The summed E-state index contributed by atoms with van der Waals surface area (Å²) in [5, 5.41) is 13.3. The van der Waals surface area contributed by atoms with Gasteiger partial charge < -0.3 is 15.2 Å². The molecule has 9 heteroatoms. The number of sulfonamides is 1. The zero-order chi connectivity index (χ0) is 14.0. The Labute approximate surface area is 114 Å². The maximum Gasteiger partial charge on any atom is 0.261 e. The second-order valence-electron chi connectivity index (χ2n) is 4.06. The first kappa shape index (κ1) is 14.4. The fourth-order valence-corrected chi connectivity index (χ4v) is 4.10. The third-order valence-corrected chi connectivity index (χ3v) is 5.24. The molecule has 0 spiro atoms. The molecule has 7 nitrogen and oxygen atoms in total. The number of rotatable bonds is 4. The molecule has 0 aromatic carbocycles. The van der Waals surface area contributed by atoms with Crippen LogP contribution in [0.25, 0.3) is 0 Å². The molecule has 19 heavy (non-hydrogen) atoms. The molecule has 1 amide bonds. The van der Waals surface area contributed by atoms with Crippen LogP contribution in [-0.4, -0.2) is 51.8 Å². The van der Waals surface area contributed by atoms with Crippen molar-refractivity contribution < 1.29 is 23.1 Å². The summed E-state index contributed by atoms with van der Waals surface area (Å²) in [5.41, 5.74) is 0. The van der Waals surface area contributed by atoms with Gasteiger partial charge in [-0.15, -0.1) is 11.3 Å². The number of hydrogen-bond donors (Lipinski definition) is 3. The molecule has 0 aliphatic carbocycles. The Hall–Kier alpha value is -1.00. The van der Waals surface area contributed by atoms with Crippen molar-refractivity contribution in [2.45, 2.75) is 17.0 Å². The first-order valence-corrected chi connectivity index (χ1v) is 7.89. The molecular formula is C10H14N2O5S2. The van der Waals surface area contributed by atoms with Crippen molar-refractivity contribution in [3.63, 3.8) is 0 Å². The lowest BCUT2D eigenvalue weighted by atomic mass is 10.2. The Balaban J connectivity index is 2.15. The van der Waals surface area contributed by atoms with Gasteiger partial charge >= 0.3 is 0 Å². The minimum atomic E-state index is -3.76. The minimum absolute atomic E-state index is 0.00944. The first-order valence-electron chi connectivity index (χ1n) is 5.53. The van der Waals surface area contributed by atoms with Gasteiger partial charge in [-0.1, -0.05) is 0 Å². The summed E-state index contributed by atoms with van der Waals surface area (Å²) in [4.78, 5) is 11.7. The summed E-state index contributed by atoms with van der Waals surface area (Å²) in [7, 11) is -2.28. The van der Waals surface area contributed by atoms with Crippen LogP contribution >= 0.6 is 11.3 Å². The minimum Gasteiger partial charge on any atom is -0.389 e. The van der Waals surface area contributed by atoms with Crippen molar-refractivity contribution >= 4 is 27.3 Å². The molecule has 0 radical (unpaired) electrons. The fourth-order valence-electron chi connectivity index (χ4n) is 1.62. The Kier molecular flexibility index (Phi) is 4.21. The number of ether oxygens (including phenoxy) is 1. The maximum atomic E-state index is 12.1. The van der Waals surface area contributed by atoms with Crippen molar-refractivity contribution in [1.29, 1.82) is 0 Å². The van der Waals surface area contributed by atoms with Crippen LogP contribution in [0.5, 0.6) is 0 Å². The summed E-state index contributed by atoms with van der Waals surface area (Å²) in [6.07, 6.45) is -0.855. The number of hydrogen-bond acceptors (Lipinski definition) is 6. The number of carbonyl (C=O) groups is 1. The molecule has 1 aromatic rings. The van der Waals surface area contributed by atoms with Crippen LogP contribution in [-0.2, 0) is 14.8 Å². The van der Waals surface area contributed by atoms with Crippen LogP contribution in [0.1, 0.15) is 9.67 Å². The number of aliphatic hydroxyl groups excluding tert-OH is 1. The molecule has 2 heterocycles. The highest BCUT2D eigenvalue weighted by Crippen LogP contribution is 2.20. The van der Waals surface area contributed by atoms with Gasteiger partial charge in [0.05, 0.1) is 35.1 Å². The molecular weight excluding hydrogens is 292 g/mol. The summed E-state index contributed by atoms with van der Waals surface area (Å²) < 4.78 is 31.4. The van der Waals surface area contributed by atoms with Gasteiger partial charge in [0.2, 0.25) is 10.0 Å². The lowest BCUT2D eigenvalue weighted by Gasteiger charge is -2.13. The van der Waals surface area contributed by atoms with Crippen LogP contribution in [0.2, 0.25) is 0 Å². The number of thiophene rings is 1. The summed E-state index contributed by atoms with van der Waals surface area (Å²) in [6.45, 7) is 0.243. The summed E-state index contributed by atoms with van der Waals surface area (Å²) in [5.74, 6) is -0.337. The maximum absolute atomic E-state index is 12.1. The normalized spacial score (nSPS) is 23.5. The second kappa shape index (κ2) is 5.55. The predicted octanol–water partition coefficient (Wildman–Crippen LogP) is -0.854. The third-order valence-electron chi connectivity index (χ3n) is 2.69. The van der Waals surface area contributed by atoms with Gasteiger partial charge in [-0.3, -0.25) is 4.79 Å². The van der Waals surface area contributed by atoms with Crippen molar-refractivity contribution in [2.75, 3.05) is 20.3 Å². The molecule has 2 rings (SSSR count). The van der Waals surface area contributed by atoms with E-state index in [0.29, 0.717) is 4.88 Å². The Morgan fingerprint density at radius 1 is 1.53 bits per heavy atom. The topological polar surface area (TPSA) is 105 Å². The van der Waals surface area contributed by atoms with Crippen molar-refractivity contribution in [3.05, 3.63) is 16.3 Å². The first-order chi connectivity index (χ1) is 8.94. The van der Waals surface area contributed by atoms with E-state index in [0.717, 1.165) is 11.3 Å². The van der Waals surface area contributed by atoms with Gasteiger partial charge in [0.1, 0.15) is 0 Å². The smallest absolute Gasteiger partial charge is 0.261 e. The molecule has 1 aromatic heterocycles. The summed E-state index contributed by atoms with van der Waals surface area (Å²) >= 11 is 1.04. The van der Waals surface area contributed by atoms with Crippen LogP contribution in [0.3, 0.4) is 0 Å². The van der Waals surface area contributed by atoms with Gasteiger partial charge in [-0.25, -0.2) is 13.1 Å². The lowest BCUT2D eigenvalue weighted by Crippen LogP contribution is -2.42. The summed E-state index contributed by atoms with van der Waals surface area (Å²) in [6, 6.07) is 0.641. The van der Waals surface area contributed by atoms with Gasteiger partial charge in [-0.2, -0.15) is 0 Å². The molecule has 0 bridgehead atoms. The predicted molar refractivity (Wildman–Crippen MR) is 68.6 cm³/mol. The average molecular weight is 306 g/mol. The van der Waals surface area contributed by atoms with E-state index in [1.165, 1.54) is 18.5 Å². The SMILES string of the molecule is CNC(=O)c1cc(S(=O)(=O)N[C@H]2COC[C@@H]2O)cs1. The van der Waals surface area contributed by atoms with Gasteiger partial charge in [0.25, 0.3) is 5.91 Å². The van der Waals surface area contributed by atoms with Crippen LogP contribution in [0.4, 0.5) is 0 Å². The van der Waals surface area contributed by atoms with Crippen LogP contribution in [0.15, 0.2) is 16.3 Å². The van der Waals surface area contributed by atoms with Gasteiger partial charge in [0, 0.05) is 12.4 Å². The molecule has 2 atom stereocenters.